The molecule has 25 heavy (non-hydrogen) atoms. The molecule has 0 fully saturated rings. The summed E-state index contributed by atoms with van der Waals surface area (Å²) in [5.41, 5.74) is 0.788. The quantitative estimate of drug-likeness (QED) is 0.711. The SMILES string of the molecule is CC(C)(C)c1ccc(S(=O)(=O)N(C(=O)O)C(=O)O)c(Br)c1C(C)(C)C. The van der Waals surface area contributed by atoms with Gasteiger partial charge in [0.15, 0.2) is 0 Å². The number of carboxylic acid groups (broad SMARTS) is 2. The Bertz CT molecular complexity index is 804. The van der Waals surface area contributed by atoms with Crippen molar-refractivity contribution in [1.29, 1.82) is 0 Å². The fraction of sp³-hybridized carbons (Fsp3) is 0.500. The number of carbonyl (C=O) groups is 2. The number of amides is 2. The van der Waals surface area contributed by atoms with Crippen molar-refractivity contribution < 1.29 is 28.2 Å². The van der Waals surface area contributed by atoms with Crippen LogP contribution in [0.25, 0.3) is 0 Å². The van der Waals surface area contributed by atoms with Crippen molar-refractivity contribution >= 4 is 38.1 Å². The molecule has 0 saturated heterocycles. The molecule has 0 saturated carbocycles. The van der Waals surface area contributed by atoms with Crippen molar-refractivity contribution in [1.82, 2.24) is 4.31 Å². The van der Waals surface area contributed by atoms with E-state index < -0.39 is 36.8 Å². The molecule has 0 spiro atoms. The maximum atomic E-state index is 12.6. The Labute approximate surface area is 155 Å². The summed E-state index contributed by atoms with van der Waals surface area (Å²) >= 11 is 3.27. The van der Waals surface area contributed by atoms with E-state index in [-0.39, 0.29) is 9.89 Å². The lowest BCUT2D eigenvalue weighted by Gasteiger charge is -2.32. The van der Waals surface area contributed by atoms with Crippen LogP contribution in [0, 0.1) is 0 Å². The predicted molar refractivity (Wildman–Crippen MR) is 96.6 cm³/mol. The Balaban J connectivity index is 3.88. The van der Waals surface area contributed by atoms with Gasteiger partial charge in [0.1, 0.15) is 4.90 Å². The van der Waals surface area contributed by atoms with E-state index in [9.17, 15) is 18.0 Å². The van der Waals surface area contributed by atoms with Gasteiger partial charge < -0.3 is 10.2 Å². The zero-order chi connectivity index (χ0) is 20.0. The van der Waals surface area contributed by atoms with Crippen molar-refractivity contribution in [3.05, 3.63) is 27.7 Å². The van der Waals surface area contributed by atoms with E-state index in [1.807, 2.05) is 41.5 Å². The molecule has 0 aromatic heterocycles. The van der Waals surface area contributed by atoms with Crippen LogP contribution in [0.4, 0.5) is 9.59 Å². The Morgan fingerprint density at radius 2 is 1.40 bits per heavy atom. The number of nitrogens with zero attached hydrogens (tertiary/aromatic N) is 1. The lowest BCUT2D eigenvalue weighted by Crippen LogP contribution is -2.40. The molecule has 0 bridgehead atoms. The normalized spacial score (nSPS) is 12.8. The first kappa shape index (κ1) is 21.4. The highest BCUT2D eigenvalue weighted by Crippen LogP contribution is 2.42. The molecule has 7 nitrogen and oxygen atoms in total. The van der Waals surface area contributed by atoms with Crippen LogP contribution in [0.1, 0.15) is 52.7 Å². The van der Waals surface area contributed by atoms with E-state index in [2.05, 4.69) is 15.9 Å². The topological polar surface area (TPSA) is 112 Å². The molecule has 0 aliphatic carbocycles. The fourth-order valence-corrected chi connectivity index (χ4v) is 5.23. The molecule has 2 N–H and O–H groups in total. The van der Waals surface area contributed by atoms with Crippen LogP contribution in [0.5, 0.6) is 0 Å². The van der Waals surface area contributed by atoms with Gasteiger partial charge in [-0.1, -0.05) is 51.9 Å². The summed E-state index contributed by atoms with van der Waals surface area (Å²) in [7, 11) is -4.79. The molecule has 140 valence electrons. The lowest BCUT2D eigenvalue weighted by molar-refractivity contribution is 0.148. The summed E-state index contributed by atoms with van der Waals surface area (Å²) < 4.78 is 24.8. The zero-order valence-electron chi connectivity index (χ0n) is 14.9. The van der Waals surface area contributed by atoms with Crippen molar-refractivity contribution in [3.63, 3.8) is 0 Å². The second-order valence-electron chi connectivity index (χ2n) is 7.63. The van der Waals surface area contributed by atoms with Gasteiger partial charge in [0, 0.05) is 4.47 Å². The van der Waals surface area contributed by atoms with Crippen molar-refractivity contribution in [2.24, 2.45) is 0 Å². The number of halogens is 1. The molecular formula is C16H22BrNO6S. The van der Waals surface area contributed by atoms with Crippen LogP contribution in [0.2, 0.25) is 0 Å². The molecule has 1 aromatic carbocycles. The van der Waals surface area contributed by atoms with E-state index in [0.29, 0.717) is 5.56 Å². The van der Waals surface area contributed by atoms with Crippen LogP contribution in [-0.4, -0.2) is 35.1 Å². The molecule has 0 radical (unpaired) electrons. The predicted octanol–water partition coefficient (Wildman–Crippen LogP) is 4.39. The van der Waals surface area contributed by atoms with Gasteiger partial charge in [-0.2, -0.15) is 0 Å². The third kappa shape index (κ3) is 4.14. The molecule has 0 aliphatic rings. The smallest absolute Gasteiger partial charge is 0.431 e. The zero-order valence-corrected chi connectivity index (χ0v) is 17.3. The van der Waals surface area contributed by atoms with Gasteiger partial charge in [0.2, 0.25) is 0 Å². The molecule has 1 aromatic rings. The highest BCUT2D eigenvalue weighted by atomic mass is 79.9. The summed E-state index contributed by atoms with van der Waals surface area (Å²) in [6.07, 6.45) is -4.17. The van der Waals surface area contributed by atoms with Crippen LogP contribution >= 0.6 is 15.9 Å². The van der Waals surface area contributed by atoms with E-state index in [1.165, 1.54) is 6.07 Å². The number of rotatable bonds is 2. The number of hydrogen-bond acceptors (Lipinski definition) is 4. The number of imide groups is 1. The Morgan fingerprint density at radius 1 is 0.960 bits per heavy atom. The average molecular weight is 436 g/mol. The Morgan fingerprint density at radius 3 is 1.72 bits per heavy atom. The third-order valence-electron chi connectivity index (χ3n) is 3.53. The van der Waals surface area contributed by atoms with Gasteiger partial charge >= 0.3 is 12.2 Å². The summed E-state index contributed by atoms with van der Waals surface area (Å²) in [6.45, 7) is 11.6. The monoisotopic (exact) mass is 435 g/mol. The van der Waals surface area contributed by atoms with Crippen LogP contribution in [0.3, 0.4) is 0 Å². The van der Waals surface area contributed by atoms with Crippen LogP contribution < -0.4 is 0 Å². The second-order valence-corrected chi connectivity index (χ2v) is 10.2. The number of benzene rings is 1. The summed E-state index contributed by atoms with van der Waals surface area (Å²) in [6, 6.07) is 2.83. The second kappa shape index (κ2) is 6.60. The van der Waals surface area contributed by atoms with Crippen molar-refractivity contribution in [2.45, 2.75) is 57.3 Å². The lowest BCUT2D eigenvalue weighted by atomic mass is 9.75. The third-order valence-corrected chi connectivity index (χ3v) is 6.31. The minimum atomic E-state index is -4.79. The van der Waals surface area contributed by atoms with Gasteiger partial charge in [-0.05, 0) is 44.0 Å². The largest absolute Gasteiger partial charge is 0.464 e. The summed E-state index contributed by atoms with van der Waals surface area (Å²) in [4.78, 5) is 21.9. The first-order chi connectivity index (χ1) is 11.0. The summed E-state index contributed by atoms with van der Waals surface area (Å²) in [5, 5.41) is 18.0. The van der Waals surface area contributed by atoms with Crippen LogP contribution in [0.15, 0.2) is 21.5 Å². The highest BCUT2D eigenvalue weighted by molar-refractivity contribution is 9.10. The molecule has 1 rings (SSSR count). The maximum Gasteiger partial charge on any atom is 0.431 e. The first-order valence-corrected chi connectivity index (χ1v) is 9.61. The number of sulfonamides is 1. The molecule has 0 unspecified atom stereocenters. The molecule has 9 heteroatoms. The molecule has 0 heterocycles. The van der Waals surface area contributed by atoms with Gasteiger partial charge in [0.05, 0.1) is 0 Å². The molecule has 0 atom stereocenters. The van der Waals surface area contributed by atoms with Gasteiger partial charge in [-0.3, -0.25) is 0 Å². The number of hydrogen-bond donors (Lipinski definition) is 2. The van der Waals surface area contributed by atoms with Crippen molar-refractivity contribution in [3.8, 4) is 0 Å². The highest BCUT2D eigenvalue weighted by Gasteiger charge is 2.39. The van der Waals surface area contributed by atoms with Gasteiger partial charge in [-0.25, -0.2) is 18.0 Å². The van der Waals surface area contributed by atoms with Gasteiger partial charge in [-0.15, -0.1) is 0 Å². The molecule has 2 amide bonds. The maximum absolute atomic E-state index is 12.6. The van der Waals surface area contributed by atoms with E-state index >= 15 is 0 Å². The standard InChI is InChI=1S/C16H22BrNO6S/c1-15(2,3)9-7-8-10(12(17)11(9)16(4,5)6)25(23,24)18(13(19)20)14(21)22/h7-8H,1-6H3,(H,19,20)(H,21,22). The minimum absolute atomic E-state index is 0.167. The minimum Gasteiger partial charge on any atom is -0.464 e. The van der Waals surface area contributed by atoms with Crippen molar-refractivity contribution in [2.75, 3.05) is 0 Å². The van der Waals surface area contributed by atoms with Gasteiger partial charge in [0.25, 0.3) is 10.0 Å². The molecule has 0 aliphatic heterocycles. The Hall–Kier alpha value is -1.61. The fourth-order valence-electron chi connectivity index (χ4n) is 2.50. The Kier molecular flexibility index (Phi) is 5.66. The van der Waals surface area contributed by atoms with E-state index in [4.69, 9.17) is 10.2 Å². The van der Waals surface area contributed by atoms with E-state index in [0.717, 1.165) is 5.56 Å². The van der Waals surface area contributed by atoms with Crippen LogP contribution in [-0.2, 0) is 20.9 Å². The average Bonchev–Trinajstić information content (AvgIpc) is 2.33. The molecular weight excluding hydrogens is 414 g/mol. The summed E-state index contributed by atoms with van der Waals surface area (Å²) in [5.74, 6) is 0. The first-order valence-electron chi connectivity index (χ1n) is 7.37. The van der Waals surface area contributed by atoms with E-state index in [1.54, 1.807) is 6.07 Å².